The third kappa shape index (κ3) is 6.00. The molecule has 0 spiro atoms. The monoisotopic (exact) mass is 417 g/mol. The maximum Gasteiger partial charge on any atom is 0.219 e. The number of carbonyl (C=O) groups excluding carboxylic acids is 1. The van der Waals surface area contributed by atoms with Gasteiger partial charge in [0.1, 0.15) is 0 Å². The van der Waals surface area contributed by atoms with Gasteiger partial charge in [0.2, 0.25) is 5.91 Å². The fourth-order valence-corrected chi connectivity index (χ4v) is 5.84. The van der Waals surface area contributed by atoms with Gasteiger partial charge in [0, 0.05) is 32.0 Å². The molecule has 0 unspecified atom stereocenters. The molecule has 1 N–H and O–H groups in total. The lowest BCUT2D eigenvalue weighted by molar-refractivity contribution is -0.136. The molecule has 28 heavy (non-hydrogen) atoms. The van der Waals surface area contributed by atoms with Crippen molar-refractivity contribution in [3.05, 3.63) is 0 Å². The molecule has 0 bridgehead atoms. The molecule has 0 aromatic carbocycles. The van der Waals surface area contributed by atoms with Gasteiger partial charge < -0.3 is 9.64 Å². The van der Waals surface area contributed by atoms with Crippen LogP contribution in [0.15, 0.2) is 0 Å². The first-order chi connectivity index (χ1) is 12.9. The lowest BCUT2D eigenvalue weighted by Crippen LogP contribution is -2.66. The Bertz CT molecular complexity index is 594. The second kappa shape index (κ2) is 9.11. The van der Waals surface area contributed by atoms with Gasteiger partial charge in [-0.1, -0.05) is 13.8 Å². The number of carbonyl (C=O) groups is 1. The van der Waals surface area contributed by atoms with E-state index in [1.165, 1.54) is 12.8 Å². The highest BCUT2D eigenvalue weighted by Gasteiger charge is 2.39. The second-order valence-corrected chi connectivity index (χ2v) is 14.3. The van der Waals surface area contributed by atoms with E-state index in [0.717, 1.165) is 44.1 Å². The van der Waals surface area contributed by atoms with Crippen molar-refractivity contribution in [1.29, 1.82) is 0 Å². The lowest BCUT2D eigenvalue weighted by atomic mass is 9.80. The number of hydrogen-bond acceptors (Lipinski definition) is 3. The second-order valence-electron chi connectivity index (χ2n) is 9.84. The molecule has 1 aliphatic heterocycles. The predicted octanol–water partition coefficient (Wildman–Crippen LogP) is 2.66. The van der Waals surface area contributed by atoms with E-state index >= 15 is 0 Å². The summed E-state index contributed by atoms with van der Waals surface area (Å²) in [5.74, 6) is 1.62. The largest absolute Gasteiger partial charge is 0.376 e. The Morgan fingerprint density at radius 3 is 2.29 bits per heavy atom. The molecule has 2 fully saturated rings. The number of likely N-dealkylation sites (tertiary alicyclic amines) is 1. The average Bonchev–Trinajstić information content (AvgIpc) is 2.59. The van der Waals surface area contributed by atoms with Crippen LogP contribution >= 0.6 is 0 Å². The van der Waals surface area contributed by atoms with E-state index in [9.17, 15) is 9.00 Å². The van der Waals surface area contributed by atoms with Gasteiger partial charge >= 0.3 is 0 Å². The van der Waals surface area contributed by atoms with Gasteiger partial charge in [-0.15, -0.1) is 0 Å². The van der Waals surface area contributed by atoms with Crippen LogP contribution in [0.3, 0.4) is 0 Å². The van der Waals surface area contributed by atoms with E-state index < -0.39 is 9.44 Å². The molecule has 0 aromatic rings. The summed E-state index contributed by atoms with van der Waals surface area (Å²) in [4.78, 5) is 14.2. The molecule has 7 heteroatoms. The first kappa shape index (κ1) is 23.8. The van der Waals surface area contributed by atoms with E-state index in [4.69, 9.17) is 4.74 Å². The molecular formula is C21H43N3O3S. The zero-order valence-electron chi connectivity index (χ0n) is 19.1. The number of nitrogens with zero attached hydrogens (tertiary/aromatic N) is 2. The van der Waals surface area contributed by atoms with Gasteiger partial charge in [-0.25, -0.2) is 9.03 Å². The highest BCUT2D eigenvalue weighted by Crippen LogP contribution is 2.32. The van der Waals surface area contributed by atoms with Crippen molar-refractivity contribution < 1.29 is 13.7 Å². The van der Waals surface area contributed by atoms with Crippen LogP contribution in [0.25, 0.3) is 0 Å². The van der Waals surface area contributed by atoms with Crippen LogP contribution in [-0.2, 0) is 19.0 Å². The third-order valence-corrected chi connectivity index (χ3v) is 10.00. The Morgan fingerprint density at radius 2 is 1.79 bits per heavy atom. The minimum absolute atomic E-state index is 0.0263. The van der Waals surface area contributed by atoms with Crippen LogP contribution in [0, 0.1) is 11.8 Å². The zero-order valence-corrected chi connectivity index (χ0v) is 19.9. The molecule has 1 saturated carbocycles. The minimum Gasteiger partial charge on any atom is -0.376 e. The minimum atomic E-state index is -3.13. The molecule has 0 aromatic heterocycles. The third-order valence-electron chi connectivity index (χ3n) is 6.90. The smallest absolute Gasteiger partial charge is 0.219 e. The van der Waals surface area contributed by atoms with E-state index in [-0.39, 0.29) is 24.1 Å². The first-order valence-corrected chi connectivity index (χ1v) is 13.6. The molecular weight excluding hydrogens is 374 g/mol. The van der Waals surface area contributed by atoms with E-state index in [1.54, 1.807) is 23.7 Å². The summed E-state index contributed by atoms with van der Waals surface area (Å²) in [6, 6.07) is -0.0973. The van der Waals surface area contributed by atoms with Gasteiger partial charge in [0.15, 0.2) is 0 Å². The molecule has 0 radical (unpaired) electrons. The van der Waals surface area contributed by atoms with Crippen LogP contribution in [-0.4, -0.2) is 77.3 Å². The van der Waals surface area contributed by atoms with Gasteiger partial charge in [-0.3, -0.25) is 9.00 Å². The van der Waals surface area contributed by atoms with Crippen LogP contribution in [0.2, 0.25) is 0 Å². The van der Waals surface area contributed by atoms with Crippen LogP contribution in [0.1, 0.15) is 59.3 Å². The standard InChI is InChI=1S/C21H43N3O3S/c1-16(2)18-10-12-19(13-11-18)27-15-21-20(9-8-14-24(21)17(3)25)22-28(6,7,26)23(4)5/h16,18-21H,8-15H2,1-7H3,(H,22,26)/t18?,19?,20-,21-/m0/s1. The summed E-state index contributed by atoms with van der Waals surface area (Å²) in [7, 11) is 0.547. The molecule has 1 saturated heterocycles. The van der Waals surface area contributed by atoms with Crippen molar-refractivity contribution in [3.8, 4) is 0 Å². The number of amides is 1. The van der Waals surface area contributed by atoms with Crippen LogP contribution in [0.4, 0.5) is 0 Å². The van der Waals surface area contributed by atoms with Crippen molar-refractivity contribution >= 4 is 15.3 Å². The number of piperidine rings is 1. The first-order valence-electron chi connectivity index (χ1n) is 10.9. The summed E-state index contributed by atoms with van der Waals surface area (Å²) < 4.78 is 25.0. The molecule has 6 nitrogen and oxygen atoms in total. The quantitative estimate of drug-likeness (QED) is 0.693. The van der Waals surface area contributed by atoms with Gasteiger partial charge in [0.05, 0.1) is 18.8 Å². The SMILES string of the molecule is CC(=O)N1CCC[C@H](NS(C)(C)(=O)N(C)C)[C@@H]1COC1CCC(C(C)C)CC1. The fourth-order valence-electron chi connectivity index (χ4n) is 4.49. The van der Waals surface area contributed by atoms with Crippen molar-refractivity contribution in [1.82, 2.24) is 13.9 Å². The van der Waals surface area contributed by atoms with Crippen molar-refractivity contribution in [3.63, 3.8) is 0 Å². The van der Waals surface area contributed by atoms with E-state index in [2.05, 4.69) is 18.6 Å². The van der Waals surface area contributed by atoms with Crippen molar-refractivity contribution in [2.75, 3.05) is 39.8 Å². The van der Waals surface area contributed by atoms with Gasteiger partial charge in [-0.05, 0) is 73.9 Å². The molecule has 1 aliphatic carbocycles. The van der Waals surface area contributed by atoms with Crippen LogP contribution in [0.5, 0.6) is 0 Å². The van der Waals surface area contributed by atoms with Gasteiger partial charge in [-0.2, -0.15) is 0 Å². The van der Waals surface area contributed by atoms with Crippen molar-refractivity contribution in [2.24, 2.45) is 11.8 Å². The zero-order chi connectivity index (χ0) is 21.1. The molecule has 2 aliphatic rings. The molecule has 1 amide bonds. The normalized spacial score (nSPS) is 31.0. The topological polar surface area (TPSA) is 61.9 Å². The Labute approximate surface area is 172 Å². The summed E-state index contributed by atoms with van der Waals surface area (Å²) >= 11 is 0. The lowest BCUT2D eigenvalue weighted by Gasteiger charge is -2.49. The molecule has 2 atom stereocenters. The van der Waals surface area contributed by atoms with Crippen LogP contribution < -0.4 is 4.72 Å². The van der Waals surface area contributed by atoms with E-state index in [1.807, 2.05) is 19.0 Å². The highest BCUT2D eigenvalue weighted by molar-refractivity contribution is 8.15. The Kier molecular flexibility index (Phi) is 7.73. The fraction of sp³-hybridized carbons (Fsp3) is 0.952. The number of rotatable bonds is 7. The number of nitrogens with one attached hydrogen (secondary N) is 1. The van der Waals surface area contributed by atoms with Gasteiger partial charge in [0.25, 0.3) is 0 Å². The predicted molar refractivity (Wildman–Crippen MR) is 118 cm³/mol. The summed E-state index contributed by atoms with van der Waals surface area (Å²) in [5, 5.41) is 0. The maximum absolute atomic E-state index is 13.5. The maximum atomic E-state index is 13.5. The summed E-state index contributed by atoms with van der Waals surface area (Å²) in [5.41, 5.74) is 0. The number of ether oxygens (including phenoxy) is 1. The average molecular weight is 418 g/mol. The Morgan fingerprint density at radius 1 is 1.18 bits per heavy atom. The molecule has 1 heterocycles. The molecule has 166 valence electrons. The Balaban J connectivity index is 2.05. The number of hydrogen-bond donors (Lipinski definition) is 1. The highest BCUT2D eigenvalue weighted by atomic mass is 32.3. The Hall–Kier alpha value is -0.500. The van der Waals surface area contributed by atoms with Crippen molar-refractivity contribution in [2.45, 2.75) is 77.5 Å². The summed E-state index contributed by atoms with van der Waals surface area (Å²) in [6.07, 6.45) is 10.3. The van der Waals surface area contributed by atoms with E-state index in [0.29, 0.717) is 6.61 Å². The molecule has 2 rings (SSSR count). The summed E-state index contributed by atoms with van der Waals surface area (Å²) in [6.45, 7) is 7.52.